The molecule has 7 heteroatoms. The molecule has 5 rings (SSSR count). The lowest BCUT2D eigenvalue weighted by Gasteiger charge is -2.41. The fraction of sp³-hybridized carbons (Fsp3) is 0.304. The maximum absolute atomic E-state index is 12.1. The third kappa shape index (κ3) is 3.58. The minimum absolute atomic E-state index is 0.118. The smallest absolute Gasteiger partial charge is 0.289 e. The van der Waals surface area contributed by atoms with Gasteiger partial charge in [0, 0.05) is 30.8 Å². The van der Waals surface area contributed by atoms with Gasteiger partial charge in [-0.15, -0.1) is 0 Å². The highest BCUT2D eigenvalue weighted by Crippen LogP contribution is 2.38. The molecular formula is C23H23N3O4. The first-order valence-electron chi connectivity index (χ1n) is 10.1. The zero-order chi connectivity index (χ0) is 20.5. The normalized spacial score (nSPS) is 16.6. The van der Waals surface area contributed by atoms with Crippen molar-refractivity contribution >= 4 is 11.6 Å². The number of hydrogen-bond acceptors (Lipinski definition) is 6. The van der Waals surface area contributed by atoms with Crippen LogP contribution in [-0.2, 0) is 0 Å². The van der Waals surface area contributed by atoms with E-state index in [1.54, 1.807) is 0 Å². The summed E-state index contributed by atoms with van der Waals surface area (Å²) in [6.07, 6.45) is 2.66. The fourth-order valence-corrected chi connectivity index (χ4v) is 3.86. The van der Waals surface area contributed by atoms with Gasteiger partial charge in [0.15, 0.2) is 17.9 Å². The van der Waals surface area contributed by atoms with Crippen LogP contribution < -0.4 is 19.7 Å². The average molecular weight is 405 g/mol. The zero-order valence-electron chi connectivity index (χ0n) is 16.7. The summed E-state index contributed by atoms with van der Waals surface area (Å²) in [5, 5.41) is 2.93. The average Bonchev–Trinajstić information content (AvgIpc) is 3.28. The molecule has 0 saturated carbocycles. The van der Waals surface area contributed by atoms with E-state index in [0.29, 0.717) is 19.1 Å². The van der Waals surface area contributed by atoms with Gasteiger partial charge in [-0.2, -0.15) is 0 Å². The van der Waals surface area contributed by atoms with E-state index < -0.39 is 0 Å². The van der Waals surface area contributed by atoms with E-state index in [2.05, 4.69) is 51.6 Å². The number of carbonyl (C=O) groups is 1. The quantitative estimate of drug-likeness (QED) is 0.700. The molecule has 2 aliphatic rings. The van der Waals surface area contributed by atoms with Crippen LogP contribution in [0.15, 0.2) is 59.5 Å². The Morgan fingerprint density at radius 1 is 1.10 bits per heavy atom. The van der Waals surface area contributed by atoms with Gasteiger partial charge in [0.05, 0.1) is 12.2 Å². The maximum Gasteiger partial charge on any atom is 0.289 e. The number of fused-ring (bicyclic) bond motifs is 1. The van der Waals surface area contributed by atoms with E-state index in [1.165, 1.54) is 18.2 Å². The van der Waals surface area contributed by atoms with Crippen LogP contribution >= 0.6 is 0 Å². The fourth-order valence-electron chi connectivity index (χ4n) is 3.86. The Morgan fingerprint density at radius 3 is 2.60 bits per heavy atom. The molecule has 0 unspecified atom stereocenters. The molecule has 1 N–H and O–H groups in total. The Labute approximate surface area is 174 Å². The molecule has 3 heterocycles. The van der Waals surface area contributed by atoms with E-state index in [0.717, 1.165) is 35.8 Å². The van der Waals surface area contributed by atoms with Crippen LogP contribution in [0.25, 0.3) is 0 Å². The van der Waals surface area contributed by atoms with E-state index in [9.17, 15) is 4.79 Å². The van der Waals surface area contributed by atoms with Crippen LogP contribution in [0, 0.1) is 0 Å². The monoisotopic (exact) mass is 405 g/mol. The van der Waals surface area contributed by atoms with Crippen LogP contribution in [0.3, 0.4) is 0 Å². The van der Waals surface area contributed by atoms with Crippen LogP contribution in [-0.4, -0.2) is 37.2 Å². The highest BCUT2D eigenvalue weighted by Gasteiger charge is 2.29. The molecule has 7 nitrogen and oxygen atoms in total. The predicted octanol–water partition coefficient (Wildman–Crippen LogP) is 3.54. The standard InChI is InChI=1S/C23H23N3O4/c1-15(25-23(27)22-11-24-14-30-22)16-2-4-17(5-3-16)18-12-26(13-18)19-6-7-20-21(10-19)29-9-8-28-20/h2-7,10-11,14-15,18H,8-9,12-13H2,1H3,(H,25,27)/t15-/m0/s1. The molecule has 1 saturated heterocycles. The van der Waals surface area contributed by atoms with Crippen LogP contribution in [0.4, 0.5) is 5.69 Å². The summed E-state index contributed by atoms with van der Waals surface area (Å²) >= 11 is 0. The lowest BCUT2D eigenvalue weighted by molar-refractivity contribution is 0.0912. The molecule has 30 heavy (non-hydrogen) atoms. The third-order valence-corrected chi connectivity index (χ3v) is 5.68. The summed E-state index contributed by atoms with van der Waals surface area (Å²) in [5.41, 5.74) is 3.52. The number of aromatic nitrogens is 1. The lowest BCUT2D eigenvalue weighted by atomic mass is 9.90. The number of oxazole rings is 1. The van der Waals surface area contributed by atoms with Crippen molar-refractivity contribution in [2.45, 2.75) is 18.9 Å². The topological polar surface area (TPSA) is 76.8 Å². The second-order valence-electron chi connectivity index (χ2n) is 7.66. The maximum atomic E-state index is 12.1. The number of nitrogens with zero attached hydrogens (tertiary/aromatic N) is 2. The Balaban J connectivity index is 1.18. The van der Waals surface area contributed by atoms with Gasteiger partial charge in [-0.25, -0.2) is 4.98 Å². The first-order valence-corrected chi connectivity index (χ1v) is 10.1. The molecule has 0 bridgehead atoms. The Morgan fingerprint density at radius 2 is 1.87 bits per heavy atom. The van der Waals surface area contributed by atoms with E-state index in [1.807, 2.05) is 13.0 Å². The van der Waals surface area contributed by atoms with Crippen molar-refractivity contribution in [1.82, 2.24) is 10.3 Å². The number of anilines is 1. The van der Waals surface area contributed by atoms with Gasteiger partial charge in [0.1, 0.15) is 13.2 Å². The van der Waals surface area contributed by atoms with Gasteiger partial charge in [-0.3, -0.25) is 4.79 Å². The summed E-state index contributed by atoms with van der Waals surface area (Å²) < 4.78 is 16.3. The predicted molar refractivity (Wildman–Crippen MR) is 111 cm³/mol. The summed E-state index contributed by atoms with van der Waals surface area (Å²) in [6, 6.07) is 14.5. The lowest BCUT2D eigenvalue weighted by Crippen LogP contribution is -2.45. The van der Waals surface area contributed by atoms with Gasteiger partial charge < -0.3 is 24.1 Å². The summed E-state index contributed by atoms with van der Waals surface area (Å²) in [6.45, 7) is 5.10. The van der Waals surface area contributed by atoms with E-state index in [4.69, 9.17) is 13.9 Å². The number of nitrogens with one attached hydrogen (secondary N) is 1. The molecule has 0 aliphatic carbocycles. The zero-order valence-corrected chi connectivity index (χ0v) is 16.7. The number of rotatable bonds is 5. The molecule has 1 atom stereocenters. The summed E-state index contributed by atoms with van der Waals surface area (Å²) in [5.74, 6) is 2.09. The number of ether oxygens (including phenoxy) is 2. The molecule has 2 aliphatic heterocycles. The molecule has 1 amide bonds. The molecule has 2 aromatic carbocycles. The Bertz CT molecular complexity index is 1030. The summed E-state index contributed by atoms with van der Waals surface area (Å²) in [7, 11) is 0. The molecule has 0 spiro atoms. The van der Waals surface area contributed by atoms with Crippen molar-refractivity contribution in [2.24, 2.45) is 0 Å². The minimum Gasteiger partial charge on any atom is -0.486 e. The van der Waals surface area contributed by atoms with Crippen molar-refractivity contribution in [3.05, 3.63) is 71.9 Å². The van der Waals surface area contributed by atoms with E-state index in [-0.39, 0.29) is 17.7 Å². The SMILES string of the molecule is C[C@H](NC(=O)c1cnco1)c1ccc(C2CN(c3ccc4c(c3)OCCO4)C2)cc1. The van der Waals surface area contributed by atoms with Crippen molar-refractivity contribution < 1.29 is 18.7 Å². The second kappa shape index (κ2) is 7.74. The third-order valence-electron chi connectivity index (χ3n) is 5.68. The van der Waals surface area contributed by atoms with Crippen molar-refractivity contribution in [2.75, 3.05) is 31.2 Å². The molecule has 3 aromatic rings. The molecule has 154 valence electrons. The summed E-state index contributed by atoms with van der Waals surface area (Å²) in [4.78, 5) is 18.2. The van der Waals surface area contributed by atoms with Crippen LogP contribution in [0.5, 0.6) is 11.5 Å². The number of benzene rings is 2. The van der Waals surface area contributed by atoms with Crippen molar-refractivity contribution in [3.63, 3.8) is 0 Å². The van der Waals surface area contributed by atoms with Crippen LogP contribution in [0.1, 0.15) is 40.6 Å². The Hall–Kier alpha value is -3.48. The van der Waals surface area contributed by atoms with Crippen LogP contribution in [0.2, 0.25) is 0 Å². The molecule has 1 fully saturated rings. The first-order chi connectivity index (χ1) is 14.7. The number of hydrogen-bond donors (Lipinski definition) is 1. The van der Waals surface area contributed by atoms with Gasteiger partial charge in [0.25, 0.3) is 5.91 Å². The molecular weight excluding hydrogens is 382 g/mol. The minimum atomic E-state index is -0.266. The van der Waals surface area contributed by atoms with Gasteiger partial charge in [-0.1, -0.05) is 24.3 Å². The molecule has 1 aromatic heterocycles. The van der Waals surface area contributed by atoms with Gasteiger partial charge in [-0.05, 0) is 30.2 Å². The van der Waals surface area contributed by atoms with Crippen molar-refractivity contribution in [3.8, 4) is 11.5 Å². The highest BCUT2D eigenvalue weighted by atomic mass is 16.6. The number of amides is 1. The Kier molecular flexibility index (Phi) is 4.78. The van der Waals surface area contributed by atoms with Gasteiger partial charge >= 0.3 is 0 Å². The largest absolute Gasteiger partial charge is 0.486 e. The number of carbonyl (C=O) groups excluding carboxylic acids is 1. The van der Waals surface area contributed by atoms with Crippen molar-refractivity contribution in [1.29, 1.82) is 0 Å². The molecule has 0 radical (unpaired) electrons. The second-order valence-corrected chi connectivity index (χ2v) is 7.66. The van der Waals surface area contributed by atoms with Gasteiger partial charge in [0.2, 0.25) is 5.76 Å². The van der Waals surface area contributed by atoms with E-state index >= 15 is 0 Å². The highest BCUT2D eigenvalue weighted by molar-refractivity contribution is 5.91. The first kappa shape index (κ1) is 18.5.